The van der Waals surface area contributed by atoms with E-state index in [1.165, 1.54) is 12.1 Å². The van der Waals surface area contributed by atoms with Crippen molar-refractivity contribution >= 4 is 33.5 Å². The van der Waals surface area contributed by atoms with Gasteiger partial charge >= 0.3 is 5.97 Å². The number of halogens is 1. The molecule has 0 bridgehead atoms. The van der Waals surface area contributed by atoms with Crippen LogP contribution >= 0.6 is 15.9 Å². The molecule has 31 heavy (non-hydrogen) atoms. The zero-order valence-corrected chi connectivity index (χ0v) is 17.7. The summed E-state index contributed by atoms with van der Waals surface area (Å²) in [5.74, 6) is -1.22. The Morgan fingerprint density at radius 1 is 0.968 bits per heavy atom. The lowest BCUT2D eigenvalue weighted by Crippen LogP contribution is -2.29. The van der Waals surface area contributed by atoms with E-state index < -0.39 is 12.0 Å². The number of hydrogen-bond acceptors (Lipinski definition) is 3. The second-order valence-corrected chi connectivity index (χ2v) is 8.12. The number of nitrogens with zero attached hydrogens (tertiary/aromatic N) is 2. The molecular formula is C24H16BrN3O3. The second kappa shape index (κ2) is 7.52. The van der Waals surface area contributed by atoms with Crippen LogP contribution in [0.15, 0.2) is 83.3 Å². The smallest absolute Gasteiger partial charge is 0.335 e. The topological polar surface area (TPSA) is 86.3 Å². The number of fused-ring (bicyclic) bond motifs is 1. The molecule has 0 saturated carbocycles. The summed E-state index contributed by atoms with van der Waals surface area (Å²) in [6.07, 6.45) is 0. The minimum Gasteiger partial charge on any atom is -0.478 e. The number of carbonyl (C=O) groups is 2. The molecule has 1 aromatic heterocycles. The van der Waals surface area contributed by atoms with E-state index in [1.807, 2.05) is 54.6 Å². The molecule has 0 saturated heterocycles. The maximum atomic E-state index is 13.4. The molecule has 5 rings (SSSR count). The van der Waals surface area contributed by atoms with Gasteiger partial charge in [-0.2, -0.15) is 5.10 Å². The maximum Gasteiger partial charge on any atom is 0.335 e. The lowest BCUT2D eigenvalue weighted by molar-refractivity contribution is 0.0696. The molecule has 0 aliphatic carbocycles. The van der Waals surface area contributed by atoms with Crippen LogP contribution in [0.2, 0.25) is 0 Å². The van der Waals surface area contributed by atoms with Crippen molar-refractivity contribution in [2.45, 2.75) is 6.04 Å². The molecule has 152 valence electrons. The predicted molar refractivity (Wildman–Crippen MR) is 120 cm³/mol. The molecule has 1 amide bonds. The zero-order valence-electron chi connectivity index (χ0n) is 16.1. The molecule has 1 aliphatic heterocycles. The number of rotatable bonds is 4. The van der Waals surface area contributed by atoms with Gasteiger partial charge in [-0.1, -0.05) is 58.4 Å². The first kappa shape index (κ1) is 19.3. The minimum absolute atomic E-state index is 0.167. The van der Waals surface area contributed by atoms with Gasteiger partial charge in [0, 0.05) is 21.3 Å². The molecule has 4 aromatic rings. The van der Waals surface area contributed by atoms with E-state index >= 15 is 0 Å². The largest absolute Gasteiger partial charge is 0.478 e. The summed E-state index contributed by atoms with van der Waals surface area (Å²) in [6.45, 7) is 0. The van der Waals surface area contributed by atoms with E-state index in [4.69, 9.17) is 0 Å². The van der Waals surface area contributed by atoms with E-state index in [1.54, 1.807) is 17.0 Å². The number of carbonyl (C=O) groups excluding carboxylic acids is 1. The van der Waals surface area contributed by atoms with Gasteiger partial charge < -0.3 is 5.11 Å². The molecule has 2 N–H and O–H groups in total. The number of H-pyrrole nitrogens is 1. The Bertz CT molecular complexity index is 1280. The van der Waals surface area contributed by atoms with Gasteiger partial charge in [0.2, 0.25) is 0 Å². The van der Waals surface area contributed by atoms with Crippen LogP contribution in [-0.2, 0) is 0 Å². The van der Waals surface area contributed by atoms with Crippen molar-refractivity contribution in [1.82, 2.24) is 10.2 Å². The van der Waals surface area contributed by atoms with Gasteiger partial charge in [0.25, 0.3) is 5.91 Å². The Labute approximate surface area is 186 Å². The number of carboxylic acids is 1. The fraction of sp³-hybridized carbons (Fsp3) is 0.0417. The van der Waals surface area contributed by atoms with Crippen LogP contribution in [0.5, 0.6) is 0 Å². The van der Waals surface area contributed by atoms with Crippen molar-refractivity contribution in [3.05, 3.63) is 106 Å². The molecule has 6 nitrogen and oxygen atoms in total. The lowest BCUT2D eigenvalue weighted by atomic mass is 9.96. The van der Waals surface area contributed by atoms with Gasteiger partial charge in [-0.05, 0) is 42.0 Å². The average Bonchev–Trinajstić information content (AvgIpc) is 3.34. The molecule has 1 atom stereocenters. The summed E-state index contributed by atoms with van der Waals surface area (Å²) in [5, 5.41) is 16.6. The van der Waals surface area contributed by atoms with Gasteiger partial charge in [0.05, 0.1) is 17.3 Å². The quantitative estimate of drug-likeness (QED) is 0.421. The Hall–Kier alpha value is -3.71. The SMILES string of the molecule is O=C(O)c1ccc(N2C(=O)c3[nH]nc(-c4ccccc4)c3[C@H]2c2ccc(Br)cc2)cc1. The maximum absolute atomic E-state index is 13.4. The first-order chi connectivity index (χ1) is 15.0. The minimum atomic E-state index is -1.01. The highest BCUT2D eigenvalue weighted by atomic mass is 79.9. The first-order valence-electron chi connectivity index (χ1n) is 9.60. The van der Waals surface area contributed by atoms with Crippen molar-refractivity contribution < 1.29 is 14.7 Å². The molecule has 3 aromatic carbocycles. The highest BCUT2D eigenvalue weighted by molar-refractivity contribution is 9.10. The predicted octanol–water partition coefficient (Wildman–Crippen LogP) is 5.29. The number of carboxylic acid groups (broad SMARTS) is 1. The number of benzene rings is 3. The number of anilines is 1. The zero-order chi connectivity index (χ0) is 21.5. The highest BCUT2D eigenvalue weighted by Gasteiger charge is 2.43. The van der Waals surface area contributed by atoms with Crippen LogP contribution in [0.3, 0.4) is 0 Å². The van der Waals surface area contributed by atoms with Gasteiger partial charge in [-0.25, -0.2) is 4.79 Å². The summed E-state index contributed by atoms with van der Waals surface area (Å²) in [7, 11) is 0. The fourth-order valence-corrected chi connectivity index (χ4v) is 4.22. The van der Waals surface area contributed by atoms with E-state index in [-0.39, 0.29) is 11.5 Å². The molecule has 0 fully saturated rings. The molecule has 1 aliphatic rings. The van der Waals surface area contributed by atoms with Crippen molar-refractivity contribution in [2.75, 3.05) is 4.90 Å². The van der Waals surface area contributed by atoms with Crippen molar-refractivity contribution in [3.8, 4) is 11.3 Å². The van der Waals surface area contributed by atoms with E-state index in [0.717, 1.165) is 26.9 Å². The number of nitrogens with one attached hydrogen (secondary N) is 1. The highest BCUT2D eigenvalue weighted by Crippen LogP contribution is 2.45. The normalized spacial score (nSPS) is 15.2. The van der Waals surface area contributed by atoms with Crippen LogP contribution in [0.4, 0.5) is 5.69 Å². The fourth-order valence-electron chi connectivity index (χ4n) is 3.95. The first-order valence-corrected chi connectivity index (χ1v) is 10.4. The Morgan fingerprint density at radius 3 is 2.29 bits per heavy atom. The lowest BCUT2D eigenvalue weighted by Gasteiger charge is -2.26. The van der Waals surface area contributed by atoms with Crippen LogP contribution in [-0.4, -0.2) is 27.2 Å². The molecule has 2 heterocycles. The molecule has 0 unspecified atom stereocenters. The van der Waals surface area contributed by atoms with Gasteiger partial charge in [0.15, 0.2) is 0 Å². The average molecular weight is 474 g/mol. The van der Waals surface area contributed by atoms with Gasteiger partial charge in [-0.15, -0.1) is 0 Å². The van der Waals surface area contributed by atoms with E-state index in [0.29, 0.717) is 11.4 Å². The number of aromatic amines is 1. The van der Waals surface area contributed by atoms with Crippen LogP contribution in [0, 0.1) is 0 Å². The Kier molecular flexibility index (Phi) is 4.67. The molecule has 0 radical (unpaired) electrons. The summed E-state index contributed by atoms with van der Waals surface area (Å²) in [5.41, 5.74) is 4.60. The summed E-state index contributed by atoms with van der Waals surface area (Å²) in [6, 6.07) is 23.5. The monoisotopic (exact) mass is 473 g/mol. The van der Waals surface area contributed by atoms with Gasteiger partial charge in [-0.3, -0.25) is 14.8 Å². The number of amides is 1. The van der Waals surface area contributed by atoms with E-state index in [2.05, 4.69) is 26.1 Å². The third kappa shape index (κ3) is 3.23. The summed E-state index contributed by atoms with van der Waals surface area (Å²) in [4.78, 5) is 26.4. The van der Waals surface area contributed by atoms with Crippen molar-refractivity contribution in [3.63, 3.8) is 0 Å². The summed E-state index contributed by atoms with van der Waals surface area (Å²) < 4.78 is 0.939. The van der Waals surface area contributed by atoms with Crippen molar-refractivity contribution in [1.29, 1.82) is 0 Å². The molecule has 0 spiro atoms. The van der Waals surface area contributed by atoms with Gasteiger partial charge in [0.1, 0.15) is 5.69 Å². The Balaban J connectivity index is 1.69. The second-order valence-electron chi connectivity index (χ2n) is 7.21. The van der Waals surface area contributed by atoms with Crippen molar-refractivity contribution in [2.24, 2.45) is 0 Å². The van der Waals surface area contributed by atoms with Crippen LogP contribution < -0.4 is 4.90 Å². The summed E-state index contributed by atoms with van der Waals surface area (Å²) >= 11 is 3.47. The molecule has 7 heteroatoms. The number of hydrogen-bond donors (Lipinski definition) is 2. The third-order valence-corrected chi connectivity index (χ3v) is 5.92. The third-order valence-electron chi connectivity index (χ3n) is 5.39. The Morgan fingerprint density at radius 2 is 1.65 bits per heavy atom. The van der Waals surface area contributed by atoms with Crippen LogP contribution in [0.25, 0.3) is 11.3 Å². The molecular weight excluding hydrogens is 458 g/mol. The number of aromatic nitrogens is 2. The van der Waals surface area contributed by atoms with E-state index in [9.17, 15) is 14.7 Å². The standard InChI is InChI=1S/C24H16BrN3O3/c25-17-10-6-15(7-11-17)22-19-20(14-4-2-1-3-5-14)26-27-21(19)23(29)28(22)18-12-8-16(9-13-18)24(30)31/h1-13,22H,(H,26,27)(H,30,31)/t22-/m1/s1. The van der Waals surface area contributed by atoms with Crippen LogP contribution in [0.1, 0.15) is 38.0 Å². The number of aromatic carboxylic acids is 1.